The van der Waals surface area contributed by atoms with Crippen LogP contribution in [0, 0.1) is 23.7 Å². The summed E-state index contributed by atoms with van der Waals surface area (Å²) in [5, 5.41) is 68.7. The largest absolute Gasteiger partial charge is 0.472 e. The molecule has 1 aromatic heterocycles. The predicted molar refractivity (Wildman–Crippen MR) is 186 cm³/mol. The van der Waals surface area contributed by atoms with E-state index >= 15 is 0 Å². The monoisotopic (exact) mass is 713 g/mol. The Morgan fingerprint density at radius 1 is 1.00 bits per heavy atom. The average Bonchev–Trinajstić information content (AvgIpc) is 3.59. The van der Waals surface area contributed by atoms with Crippen molar-refractivity contribution >= 4 is 11.7 Å². The van der Waals surface area contributed by atoms with Gasteiger partial charge in [-0.25, -0.2) is 0 Å². The normalized spacial score (nSPS) is 40.3. The Kier molecular flexibility index (Phi) is 16.1. The second kappa shape index (κ2) is 19.1. The lowest BCUT2D eigenvalue weighted by atomic mass is 9.73. The highest BCUT2D eigenvalue weighted by Crippen LogP contribution is 2.37. The molecule has 1 aromatic rings. The van der Waals surface area contributed by atoms with Crippen LogP contribution in [0.4, 0.5) is 0 Å². The van der Waals surface area contributed by atoms with E-state index in [4.69, 9.17) is 23.5 Å². The molecular formula is C36H63N3O11. The van der Waals surface area contributed by atoms with Crippen LogP contribution >= 0.6 is 0 Å². The minimum Gasteiger partial charge on any atom is -0.472 e. The fraction of sp³-hybridized carbons (Fsp3) is 0.833. The first-order valence-corrected chi connectivity index (χ1v) is 18.1. The molecule has 3 heterocycles. The average molecular weight is 714 g/mol. The quantitative estimate of drug-likeness (QED) is 0.0943. The van der Waals surface area contributed by atoms with Crippen LogP contribution in [-0.2, 0) is 30.4 Å². The van der Waals surface area contributed by atoms with Gasteiger partial charge >= 0.3 is 5.97 Å². The van der Waals surface area contributed by atoms with Crippen LogP contribution < -0.4 is 10.6 Å². The fourth-order valence-corrected chi connectivity index (χ4v) is 7.16. The number of ether oxygens (including phenoxy) is 3. The van der Waals surface area contributed by atoms with Gasteiger partial charge in [-0.15, -0.1) is 0 Å². The van der Waals surface area contributed by atoms with Gasteiger partial charge in [-0.2, -0.15) is 0 Å². The molecule has 13 atom stereocenters. The Bertz CT molecular complexity index is 1180. The lowest BCUT2D eigenvalue weighted by molar-refractivity contribution is -0.289. The van der Waals surface area contributed by atoms with E-state index < -0.39 is 77.7 Å². The smallest absolute Gasteiger partial charge is 0.311 e. The van der Waals surface area contributed by atoms with E-state index in [0.717, 1.165) is 12.1 Å². The van der Waals surface area contributed by atoms with E-state index in [-0.39, 0.29) is 25.6 Å². The van der Waals surface area contributed by atoms with E-state index in [1.54, 1.807) is 40.2 Å². The maximum atomic E-state index is 13.4. The number of carbonyl (C=O) groups excluding carboxylic acids is 1. The Morgan fingerprint density at radius 2 is 1.70 bits per heavy atom. The van der Waals surface area contributed by atoms with Gasteiger partial charge in [0, 0.05) is 49.5 Å². The molecule has 50 heavy (non-hydrogen) atoms. The van der Waals surface area contributed by atoms with Gasteiger partial charge in [-0.1, -0.05) is 32.9 Å². The maximum absolute atomic E-state index is 13.4. The van der Waals surface area contributed by atoms with Crippen LogP contribution in [0.1, 0.15) is 86.6 Å². The summed E-state index contributed by atoms with van der Waals surface area (Å²) in [7, 11) is 0. The molecule has 0 spiro atoms. The van der Waals surface area contributed by atoms with Gasteiger partial charge in [0.2, 0.25) is 0 Å². The molecule has 2 aliphatic heterocycles. The zero-order valence-corrected chi connectivity index (χ0v) is 31.1. The Labute approximate surface area is 296 Å². The van der Waals surface area contributed by atoms with Crippen molar-refractivity contribution in [1.82, 2.24) is 10.6 Å². The summed E-state index contributed by atoms with van der Waals surface area (Å²) in [6.45, 7) is 16.1. The molecular weight excluding hydrogens is 650 g/mol. The molecule has 3 rings (SSSR count). The molecule has 7 N–H and O–H groups in total. The van der Waals surface area contributed by atoms with Crippen LogP contribution in [0.15, 0.2) is 28.2 Å². The summed E-state index contributed by atoms with van der Waals surface area (Å²) >= 11 is 0. The predicted octanol–water partition coefficient (Wildman–Crippen LogP) is 2.10. The van der Waals surface area contributed by atoms with Crippen molar-refractivity contribution in [1.29, 1.82) is 0 Å². The van der Waals surface area contributed by atoms with Crippen molar-refractivity contribution in [2.24, 2.45) is 28.8 Å². The highest BCUT2D eigenvalue weighted by Gasteiger charge is 2.50. The third kappa shape index (κ3) is 11.2. The van der Waals surface area contributed by atoms with Gasteiger partial charge in [-0.05, 0) is 59.4 Å². The summed E-state index contributed by atoms with van der Waals surface area (Å²) in [4.78, 5) is 19.1. The molecule has 14 nitrogen and oxygen atoms in total. The number of nitrogens with zero attached hydrogens (tertiary/aromatic N) is 1. The molecule has 0 aliphatic carbocycles. The summed E-state index contributed by atoms with van der Waals surface area (Å²) in [5.74, 6) is -4.01. The number of rotatable bonds is 12. The number of aliphatic hydroxyl groups excluding tert-OH is 3. The number of cyclic esters (lactones) is 1. The summed E-state index contributed by atoms with van der Waals surface area (Å²) < 4.78 is 23.1. The number of carbonyl (C=O) groups is 1. The van der Waals surface area contributed by atoms with Crippen LogP contribution in [0.3, 0.4) is 0 Å². The minimum absolute atomic E-state index is 0.0328. The Morgan fingerprint density at radius 3 is 2.36 bits per heavy atom. The number of aliphatic hydroxyl groups is 5. The van der Waals surface area contributed by atoms with Crippen LogP contribution in [0.5, 0.6) is 0 Å². The minimum atomic E-state index is -1.89. The number of hydrogen-bond acceptors (Lipinski definition) is 14. The van der Waals surface area contributed by atoms with E-state index in [1.807, 2.05) is 19.9 Å². The summed E-state index contributed by atoms with van der Waals surface area (Å²) in [6, 6.07) is 1.90. The Balaban J connectivity index is 1.86. The standard InChI is InChI=1S/C36H63N3O11/c1-9-28-36(8,45)31(42)23(4)29(39-47-17-15-37-13-14-38-19-26-12-16-46-20-26)21(2)18-35(7,44)32(24(5)30(41)25(6)33(43)49-28)50-34-27(40)11-10-22(3)48-34/h12,16,20-25,27-28,30-32,34,37-38,40-42,44-45H,9-11,13-15,17-19H2,1-8H3/b39-29+/t21-,22-,23+,24+,25-,27-,28-,30+,31-,32-,34+,35-,36-/m1/s1. The fourth-order valence-electron chi connectivity index (χ4n) is 7.16. The first-order valence-electron chi connectivity index (χ1n) is 18.1. The van der Waals surface area contributed by atoms with Crippen molar-refractivity contribution in [3.05, 3.63) is 24.2 Å². The van der Waals surface area contributed by atoms with Crippen molar-refractivity contribution in [2.75, 3.05) is 26.2 Å². The highest BCUT2D eigenvalue weighted by molar-refractivity contribution is 5.88. The second-order valence-corrected chi connectivity index (χ2v) is 14.8. The molecule has 0 unspecified atom stereocenters. The van der Waals surface area contributed by atoms with Crippen molar-refractivity contribution in [3.8, 4) is 0 Å². The highest BCUT2D eigenvalue weighted by atomic mass is 16.7. The van der Waals surface area contributed by atoms with Crippen molar-refractivity contribution in [2.45, 2.75) is 142 Å². The molecule has 14 heteroatoms. The molecule has 0 saturated carbocycles. The van der Waals surface area contributed by atoms with Crippen molar-refractivity contribution < 1.29 is 53.8 Å². The molecule has 2 saturated heterocycles. The van der Waals surface area contributed by atoms with Crippen LogP contribution in [-0.4, -0.2) is 118 Å². The number of furan rings is 1. The third-order valence-corrected chi connectivity index (χ3v) is 10.3. The molecule has 2 aliphatic rings. The maximum Gasteiger partial charge on any atom is 0.311 e. The summed E-state index contributed by atoms with van der Waals surface area (Å²) in [6.07, 6.45) is -2.58. The second-order valence-electron chi connectivity index (χ2n) is 14.8. The number of hydrogen-bond donors (Lipinski definition) is 7. The zero-order valence-electron chi connectivity index (χ0n) is 31.1. The molecule has 0 bridgehead atoms. The molecule has 288 valence electrons. The number of esters is 1. The zero-order chi connectivity index (χ0) is 37.2. The van der Waals surface area contributed by atoms with Gasteiger partial charge in [-0.3, -0.25) is 4.79 Å². The van der Waals surface area contributed by atoms with Crippen LogP contribution in [0.25, 0.3) is 0 Å². The molecule has 2 fully saturated rings. The first-order chi connectivity index (χ1) is 23.5. The molecule has 0 radical (unpaired) electrons. The number of nitrogens with one attached hydrogen (secondary N) is 2. The Hall–Kier alpha value is -2.14. The lowest BCUT2D eigenvalue weighted by Gasteiger charge is -2.45. The first kappa shape index (κ1) is 42.3. The van der Waals surface area contributed by atoms with Gasteiger partial charge < -0.3 is 59.6 Å². The molecule has 0 amide bonds. The van der Waals surface area contributed by atoms with E-state index in [1.165, 1.54) is 13.8 Å². The van der Waals surface area contributed by atoms with Gasteiger partial charge in [0.25, 0.3) is 0 Å². The van der Waals surface area contributed by atoms with E-state index in [2.05, 4.69) is 15.8 Å². The van der Waals surface area contributed by atoms with Crippen molar-refractivity contribution in [3.63, 3.8) is 0 Å². The van der Waals surface area contributed by atoms with Crippen LogP contribution in [0.2, 0.25) is 0 Å². The number of oxime groups is 1. The summed E-state index contributed by atoms with van der Waals surface area (Å²) in [5.41, 5.74) is -2.12. The topological polar surface area (TPSA) is 205 Å². The van der Waals surface area contributed by atoms with E-state index in [9.17, 15) is 30.3 Å². The lowest BCUT2D eigenvalue weighted by Crippen LogP contribution is -2.58. The third-order valence-electron chi connectivity index (χ3n) is 10.3. The SMILES string of the molecule is CC[C@H]1OC(=O)[C@H](C)[C@@H](O)[C@H](C)[C@@H](O[C@@H]2O[C@H](C)CC[C@H]2O)[C@](C)(O)C[C@@H](C)/C(=N\OCCNCCNCc2ccoc2)[C@H](C)[C@@H](O)[C@]1(C)O. The molecule has 0 aromatic carbocycles. The van der Waals surface area contributed by atoms with Gasteiger partial charge in [0.05, 0.1) is 54.2 Å². The van der Waals surface area contributed by atoms with Gasteiger partial charge in [0.1, 0.15) is 24.4 Å². The van der Waals surface area contributed by atoms with E-state index in [0.29, 0.717) is 38.2 Å². The van der Waals surface area contributed by atoms with Gasteiger partial charge in [0.15, 0.2) is 6.29 Å².